The molecule has 24 heavy (non-hydrogen) atoms. The number of hydrogen-bond acceptors (Lipinski definition) is 6. The molecule has 0 bridgehead atoms. The molecule has 0 fully saturated rings. The smallest absolute Gasteiger partial charge is 0.268 e. The van der Waals surface area contributed by atoms with E-state index < -0.39 is 5.41 Å². The van der Waals surface area contributed by atoms with E-state index in [-0.39, 0.29) is 24.4 Å². The third-order valence-corrected chi connectivity index (χ3v) is 4.62. The SMILES string of the molecule is CNC(C)Cc1noc(-c2sc(NC(=O)C(C)(C)C)cc2C)n1.Cl. The summed E-state index contributed by atoms with van der Waals surface area (Å²) in [6.07, 6.45) is 0.706. The third-order valence-electron chi connectivity index (χ3n) is 3.48. The molecule has 2 N–H and O–H groups in total. The van der Waals surface area contributed by atoms with E-state index in [1.54, 1.807) is 0 Å². The Bertz CT molecular complexity index is 691. The molecule has 2 heterocycles. The van der Waals surface area contributed by atoms with Gasteiger partial charge in [-0.15, -0.1) is 23.7 Å². The van der Waals surface area contributed by atoms with E-state index in [2.05, 4.69) is 27.7 Å². The van der Waals surface area contributed by atoms with E-state index in [0.29, 0.717) is 18.1 Å². The number of carbonyl (C=O) groups excluding carboxylic acids is 1. The number of likely N-dealkylation sites (N-methyl/N-ethyl adjacent to an activating group) is 1. The van der Waals surface area contributed by atoms with Crippen molar-refractivity contribution in [1.29, 1.82) is 0 Å². The number of halogens is 1. The Morgan fingerprint density at radius 2 is 2.08 bits per heavy atom. The van der Waals surface area contributed by atoms with Crippen LogP contribution in [0.5, 0.6) is 0 Å². The first-order valence-corrected chi connectivity index (χ1v) is 8.44. The van der Waals surface area contributed by atoms with Crippen LogP contribution in [0, 0.1) is 12.3 Å². The lowest BCUT2D eigenvalue weighted by Gasteiger charge is -2.16. The topological polar surface area (TPSA) is 80.0 Å². The molecule has 2 aromatic heterocycles. The molecule has 1 amide bonds. The summed E-state index contributed by atoms with van der Waals surface area (Å²) in [7, 11) is 1.90. The second-order valence-electron chi connectivity index (χ2n) is 6.74. The molecule has 1 unspecified atom stereocenters. The Morgan fingerprint density at radius 3 is 2.67 bits per heavy atom. The fourth-order valence-corrected chi connectivity index (χ4v) is 2.85. The van der Waals surface area contributed by atoms with Crippen LogP contribution in [0.15, 0.2) is 10.6 Å². The minimum atomic E-state index is -0.432. The second-order valence-corrected chi connectivity index (χ2v) is 7.79. The summed E-state index contributed by atoms with van der Waals surface area (Å²) in [4.78, 5) is 17.4. The maximum Gasteiger partial charge on any atom is 0.268 e. The van der Waals surface area contributed by atoms with Gasteiger partial charge in [0.15, 0.2) is 5.82 Å². The predicted molar refractivity (Wildman–Crippen MR) is 99.9 cm³/mol. The standard InChI is InChI=1S/C16H24N4O2S.ClH/c1-9-7-12(19-15(21)16(3,4)5)23-13(9)14-18-11(20-22-14)8-10(2)17-6;/h7,10,17H,8H2,1-6H3,(H,19,21);1H. The maximum absolute atomic E-state index is 12.1. The minimum absolute atomic E-state index is 0. The highest BCUT2D eigenvalue weighted by Gasteiger charge is 2.23. The van der Waals surface area contributed by atoms with Crippen molar-refractivity contribution in [2.75, 3.05) is 12.4 Å². The number of aryl methyl sites for hydroxylation is 1. The molecule has 0 saturated heterocycles. The van der Waals surface area contributed by atoms with Crippen molar-refractivity contribution >= 4 is 34.7 Å². The van der Waals surface area contributed by atoms with Crippen molar-refractivity contribution in [1.82, 2.24) is 15.5 Å². The molecule has 0 aliphatic rings. The van der Waals surface area contributed by atoms with Gasteiger partial charge in [0.25, 0.3) is 5.89 Å². The number of rotatable bonds is 5. The molecular formula is C16H25ClN4O2S. The van der Waals surface area contributed by atoms with Gasteiger partial charge in [0.1, 0.15) is 0 Å². The Kier molecular flexibility index (Phi) is 6.95. The van der Waals surface area contributed by atoms with Gasteiger partial charge in [-0.25, -0.2) is 0 Å². The lowest BCUT2D eigenvalue weighted by atomic mass is 9.96. The summed E-state index contributed by atoms with van der Waals surface area (Å²) in [5.74, 6) is 1.16. The van der Waals surface area contributed by atoms with Crippen LogP contribution >= 0.6 is 23.7 Å². The zero-order valence-corrected chi connectivity index (χ0v) is 16.5. The number of anilines is 1. The molecule has 0 aromatic carbocycles. The van der Waals surface area contributed by atoms with Gasteiger partial charge in [0.05, 0.1) is 9.88 Å². The quantitative estimate of drug-likeness (QED) is 0.837. The minimum Gasteiger partial charge on any atom is -0.333 e. The van der Waals surface area contributed by atoms with Gasteiger partial charge in [-0.2, -0.15) is 4.98 Å². The molecule has 0 aliphatic heterocycles. The number of amides is 1. The molecule has 0 radical (unpaired) electrons. The van der Waals surface area contributed by atoms with Gasteiger partial charge in [0.2, 0.25) is 5.91 Å². The predicted octanol–water partition coefficient (Wildman–Crippen LogP) is 3.66. The van der Waals surface area contributed by atoms with Crippen LogP contribution in [0.3, 0.4) is 0 Å². The van der Waals surface area contributed by atoms with E-state index in [1.165, 1.54) is 11.3 Å². The Hall–Kier alpha value is -1.44. The number of hydrogen-bond donors (Lipinski definition) is 2. The first-order chi connectivity index (χ1) is 10.7. The maximum atomic E-state index is 12.1. The van der Waals surface area contributed by atoms with Gasteiger partial charge < -0.3 is 15.2 Å². The highest BCUT2D eigenvalue weighted by molar-refractivity contribution is 7.19. The van der Waals surface area contributed by atoms with E-state index >= 15 is 0 Å². The van der Waals surface area contributed by atoms with E-state index in [1.807, 2.05) is 40.8 Å². The highest BCUT2D eigenvalue weighted by Crippen LogP contribution is 2.35. The summed E-state index contributed by atoms with van der Waals surface area (Å²) in [5.41, 5.74) is 0.579. The van der Waals surface area contributed by atoms with E-state index in [4.69, 9.17) is 4.52 Å². The summed E-state index contributed by atoms with van der Waals surface area (Å²) in [6.45, 7) is 9.69. The average Bonchev–Trinajstić information content (AvgIpc) is 3.04. The Balaban J connectivity index is 0.00000288. The van der Waals surface area contributed by atoms with Gasteiger partial charge in [-0.05, 0) is 32.5 Å². The van der Waals surface area contributed by atoms with Crippen molar-refractivity contribution in [3.05, 3.63) is 17.5 Å². The highest BCUT2D eigenvalue weighted by atomic mass is 35.5. The summed E-state index contributed by atoms with van der Waals surface area (Å²) in [5, 5.41) is 10.9. The summed E-state index contributed by atoms with van der Waals surface area (Å²) >= 11 is 1.45. The zero-order chi connectivity index (χ0) is 17.2. The molecule has 1 atom stereocenters. The first kappa shape index (κ1) is 20.6. The van der Waals surface area contributed by atoms with Crippen LogP contribution in [0.25, 0.3) is 10.8 Å². The van der Waals surface area contributed by atoms with Crippen molar-refractivity contribution in [3.8, 4) is 10.8 Å². The number of carbonyl (C=O) groups is 1. The largest absolute Gasteiger partial charge is 0.333 e. The number of nitrogens with one attached hydrogen (secondary N) is 2. The van der Waals surface area contributed by atoms with Crippen molar-refractivity contribution in [3.63, 3.8) is 0 Å². The summed E-state index contributed by atoms with van der Waals surface area (Å²) in [6, 6.07) is 2.22. The normalized spacial score (nSPS) is 12.6. The van der Waals surface area contributed by atoms with Gasteiger partial charge in [-0.3, -0.25) is 4.79 Å². The molecule has 8 heteroatoms. The lowest BCUT2D eigenvalue weighted by molar-refractivity contribution is -0.123. The molecule has 0 aliphatic carbocycles. The molecule has 2 aromatic rings. The number of aromatic nitrogens is 2. The molecule has 6 nitrogen and oxygen atoms in total. The average molecular weight is 373 g/mol. The zero-order valence-electron chi connectivity index (χ0n) is 14.9. The van der Waals surface area contributed by atoms with Crippen LogP contribution in [0.1, 0.15) is 39.1 Å². The first-order valence-electron chi connectivity index (χ1n) is 7.63. The molecule has 0 saturated carbocycles. The van der Waals surface area contributed by atoms with Crippen LogP contribution in [0.4, 0.5) is 5.00 Å². The Morgan fingerprint density at radius 1 is 1.42 bits per heavy atom. The van der Waals surface area contributed by atoms with Gasteiger partial charge >= 0.3 is 0 Å². The fourth-order valence-electron chi connectivity index (χ4n) is 1.86. The molecular weight excluding hydrogens is 348 g/mol. The van der Waals surface area contributed by atoms with Crippen molar-refractivity contribution in [2.24, 2.45) is 5.41 Å². The number of thiophene rings is 1. The molecule has 0 spiro atoms. The summed E-state index contributed by atoms with van der Waals surface area (Å²) < 4.78 is 5.37. The Labute approximate surface area is 152 Å². The third kappa shape index (κ3) is 5.03. The van der Waals surface area contributed by atoms with Gasteiger partial charge in [0, 0.05) is 17.9 Å². The van der Waals surface area contributed by atoms with Gasteiger partial charge in [-0.1, -0.05) is 25.9 Å². The molecule has 2 rings (SSSR count). The van der Waals surface area contributed by atoms with Crippen LogP contribution in [-0.4, -0.2) is 29.1 Å². The van der Waals surface area contributed by atoms with Crippen molar-refractivity contribution < 1.29 is 9.32 Å². The molecule has 134 valence electrons. The van der Waals surface area contributed by atoms with E-state index in [0.717, 1.165) is 15.4 Å². The fraction of sp³-hybridized carbons (Fsp3) is 0.562. The lowest BCUT2D eigenvalue weighted by Crippen LogP contribution is -2.27. The van der Waals surface area contributed by atoms with Crippen LogP contribution < -0.4 is 10.6 Å². The van der Waals surface area contributed by atoms with Crippen LogP contribution in [-0.2, 0) is 11.2 Å². The second kappa shape index (κ2) is 8.09. The number of nitrogens with zero attached hydrogens (tertiary/aromatic N) is 2. The van der Waals surface area contributed by atoms with E-state index in [9.17, 15) is 4.79 Å². The van der Waals surface area contributed by atoms with Crippen LogP contribution in [0.2, 0.25) is 0 Å². The monoisotopic (exact) mass is 372 g/mol. The van der Waals surface area contributed by atoms with Crippen molar-refractivity contribution in [2.45, 2.75) is 47.1 Å².